The first-order chi connectivity index (χ1) is 7.89. The first kappa shape index (κ1) is 12.0. The fourth-order valence-electron chi connectivity index (χ4n) is 2.00. The van der Waals surface area contributed by atoms with Crippen molar-refractivity contribution in [1.82, 2.24) is 9.97 Å². The molecule has 1 aromatic heterocycles. The van der Waals surface area contributed by atoms with Crippen LogP contribution in [0.15, 0.2) is 6.20 Å². The predicted octanol–water partition coefficient (Wildman–Crippen LogP) is 2.27. The van der Waals surface area contributed by atoms with Gasteiger partial charge in [0.25, 0.3) is 0 Å². The third-order valence-corrected chi connectivity index (χ3v) is 3.08. The molecule has 0 spiro atoms. The topological polar surface area (TPSA) is 72.2 Å². The van der Waals surface area contributed by atoms with Crippen LogP contribution in [0.1, 0.15) is 20.3 Å². The van der Waals surface area contributed by atoms with Crippen molar-refractivity contribution < 1.29 is 4.92 Å². The van der Waals surface area contributed by atoms with Crippen molar-refractivity contribution in [2.45, 2.75) is 20.3 Å². The Labute approximate surface area is 104 Å². The Hall–Kier alpha value is -1.43. The van der Waals surface area contributed by atoms with Gasteiger partial charge in [-0.15, -0.1) is 0 Å². The van der Waals surface area contributed by atoms with Gasteiger partial charge in [-0.2, -0.15) is 4.98 Å². The average Bonchev–Trinajstić information content (AvgIpc) is 2.58. The van der Waals surface area contributed by atoms with Crippen molar-refractivity contribution in [3.63, 3.8) is 0 Å². The molecule has 0 amide bonds. The van der Waals surface area contributed by atoms with Crippen LogP contribution < -0.4 is 4.90 Å². The molecule has 0 saturated carbocycles. The maximum atomic E-state index is 10.9. The van der Waals surface area contributed by atoms with E-state index >= 15 is 0 Å². The van der Waals surface area contributed by atoms with Crippen molar-refractivity contribution in [3.05, 3.63) is 21.6 Å². The van der Waals surface area contributed by atoms with Crippen molar-refractivity contribution in [2.75, 3.05) is 18.0 Å². The molecule has 0 atom stereocenters. The van der Waals surface area contributed by atoms with E-state index < -0.39 is 4.92 Å². The lowest BCUT2D eigenvalue weighted by molar-refractivity contribution is -0.384. The predicted molar refractivity (Wildman–Crippen MR) is 64.3 cm³/mol. The van der Waals surface area contributed by atoms with Gasteiger partial charge in [0, 0.05) is 13.1 Å². The number of nitrogens with zero attached hydrogens (tertiary/aromatic N) is 4. The summed E-state index contributed by atoms with van der Waals surface area (Å²) in [6, 6.07) is 0. The first-order valence-corrected chi connectivity index (χ1v) is 5.69. The highest BCUT2D eigenvalue weighted by molar-refractivity contribution is 6.28. The zero-order chi connectivity index (χ0) is 12.6. The molecule has 2 heterocycles. The molecule has 0 unspecified atom stereocenters. The van der Waals surface area contributed by atoms with Crippen LogP contribution in [-0.4, -0.2) is 28.0 Å². The van der Waals surface area contributed by atoms with Gasteiger partial charge in [0.1, 0.15) is 6.20 Å². The summed E-state index contributed by atoms with van der Waals surface area (Å²) in [6.07, 6.45) is 2.14. The summed E-state index contributed by atoms with van der Waals surface area (Å²) < 4.78 is 0. The summed E-state index contributed by atoms with van der Waals surface area (Å²) in [5, 5.41) is 10.9. The molecular weight excluding hydrogens is 244 g/mol. The lowest BCUT2D eigenvalue weighted by Gasteiger charge is -2.20. The van der Waals surface area contributed by atoms with Crippen LogP contribution in [-0.2, 0) is 0 Å². The minimum absolute atomic E-state index is 0.0373. The number of anilines is 1. The Kier molecular flexibility index (Phi) is 2.91. The summed E-state index contributed by atoms with van der Waals surface area (Å²) in [5.74, 6) is 0.320. The molecule has 6 nitrogen and oxygen atoms in total. The first-order valence-electron chi connectivity index (χ1n) is 5.31. The summed E-state index contributed by atoms with van der Waals surface area (Å²) in [7, 11) is 0. The van der Waals surface area contributed by atoms with Crippen LogP contribution in [0, 0.1) is 15.5 Å². The second-order valence-electron chi connectivity index (χ2n) is 4.94. The SMILES string of the molecule is CC1(C)CCN(c2nc(Cl)ncc2[N+](=O)[O-])C1. The number of halogens is 1. The molecule has 1 fully saturated rings. The maximum absolute atomic E-state index is 10.9. The summed E-state index contributed by atoms with van der Waals surface area (Å²) >= 11 is 5.70. The highest BCUT2D eigenvalue weighted by Crippen LogP contribution is 2.35. The molecule has 0 bridgehead atoms. The van der Waals surface area contributed by atoms with Gasteiger partial charge in [-0.1, -0.05) is 13.8 Å². The monoisotopic (exact) mass is 256 g/mol. The Morgan fingerprint density at radius 2 is 2.29 bits per heavy atom. The minimum Gasteiger partial charge on any atom is -0.350 e. The Balaban J connectivity index is 2.38. The van der Waals surface area contributed by atoms with Crippen molar-refractivity contribution in [2.24, 2.45) is 5.41 Å². The second-order valence-corrected chi connectivity index (χ2v) is 5.28. The van der Waals surface area contributed by atoms with E-state index in [0.717, 1.165) is 25.7 Å². The van der Waals surface area contributed by atoms with Crippen LogP contribution >= 0.6 is 11.6 Å². The van der Waals surface area contributed by atoms with Gasteiger partial charge in [0.15, 0.2) is 0 Å². The Morgan fingerprint density at radius 1 is 1.59 bits per heavy atom. The largest absolute Gasteiger partial charge is 0.350 e. The fraction of sp³-hybridized carbons (Fsp3) is 0.600. The molecular formula is C10H13ClN4O2. The van der Waals surface area contributed by atoms with E-state index in [-0.39, 0.29) is 16.4 Å². The van der Waals surface area contributed by atoms with Crippen LogP contribution in [0.3, 0.4) is 0 Å². The van der Waals surface area contributed by atoms with E-state index in [9.17, 15) is 10.1 Å². The number of hydrogen-bond donors (Lipinski definition) is 0. The van der Waals surface area contributed by atoms with E-state index in [1.165, 1.54) is 0 Å². The van der Waals surface area contributed by atoms with Crippen molar-refractivity contribution in [1.29, 1.82) is 0 Å². The zero-order valence-corrected chi connectivity index (χ0v) is 10.4. The van der Waals surface area contributed by atoms with Crippen LogP contribution in [0.25, 0.3) is 0 Å². The van der Waals surface area contributed by atoms with Crippen LogP contribution in [0.2, 0.25) is 5.28 Å². The van der Waals surface area contributed by atoms with Gasteiger partial charge in [-0.25, -0.2) is 4.98 Å². The zero-order valence-electron chi connectivity index (χ0n) is 9.68. The Morgan fingerprint density at radius 3 is 2.82 bits per heavy atom. The van der Waals surface area contributed by atoms with Gasteiger partial charge >= 0.3 is 5.69 Å². The van der Waals surface area contributed by atoms with Crippen LogP contribution in [0.4, 0.5) is 11.5 Å². The fourth-order valence-corrected chi connectivity index (χ4v) is 2.13. The molecule has 2 rings (SSSR count). The van der Waals surface area contributed by atoms with E-state index in [0.29, 0.717) is 5.82 Å². The van der Waals surface area contributed by atoms with Gasteiger partial charge in [-0.05, 0) is 23.4 Å². The number of hydrogen-bond acceptors (Lipinski definition) is 5. The minimum atomic E-state index is -0.475. The molecule has 0 N–H and O–H groups in total. The second kappa shape index (κ2) is 4.10. The lowest BCUT2D eigenvalue weighted by atomic mass is 9.93. The van der Waals surface area contributed by atoms with Gasteiger partial charge < -0.3 is 4.90 Å². The molecule has 1 aliphatic heterocycles. The smallest absolute Gasteiger partial charge is 0.329 e. The average molecular weight is 257 g/mol. The molecule has 1 aliphatic rings. The summed E-state index contributed by atoms with van der Waals surface area (Å²) in [5.41, 5.74) is 0.0535. The normalized spacial score (nSPS) is 18.4. The number of rotatable bonds is 2. The molecule has 17 heavy (non-hydrogen) atoms. The van der Waals surface area contributed by atoms with E-state index in [1.807, 2.05) is 4.90 Å². The summed E-state index contributed by atoms with van der Waals surface area (Å²) in [6.45, 7) is 5.74. The molecule has 1 aromatic rings. The van der Waals surface area contributed by atoms with Crippen LogP contribution in [0.5, 0.6) is 0 Å². The highest BCUT2D eigenvalue weighted by Gasteiger charge is 2.33. The Bertz CT molecular complexity index is 464. The number of nitro groups is 1. The van der Waals surface area contributed by atoms with Crippen molar-refractivity contribution in [3.8, 4) is 0 Å². The third kappa shape index (κ3) is 2.46. The summed E-state index contributed by atoms with van der Waals surface area (Å²) in [4.78, 5) is 20.0. The number of aromatic nitrogens is 2. The van der Waals surface area contributed by atoms with Gasteiger partial charge in [-0.3, -0.25) is 10.1 Å². The van der Waals surface area contributed by atoms with E-state index in [2.05, 4.69) is 23.8 Å². The molecule has 0 aromatic carbocycles. The molecule has 7 heteroatoms. The maximum Gasteiger partial charge on any atom is 0.329 e. The van der Waals surface area contributed by atoms with Gasteiger partial charge in [0.05, 0.1) is 4.92 Å². The highest BCUT2D eigenvalue weighted by atomic mass is 35.5. The van der Waals surface area contributed by atoms with E-state index in [4.69, 9.17) is 11.6 Å². The lowest BCUT2D eigenvalue weighted by Crippen LogP contribution is -2.24. The standard InChI is InChI=1S/C10H13ClN4O2/c1-10(2)3-4-14(6-10)8-7(15(16)17)5-12-9(11)13-8/h5H,3-4,6H2,1-2H3. The molecule has 92 valence electrons. The molecule has 0 radical (unpaired) electrons. The molecule has 0 aliphatic carbocycles. The van der Waals surface area contributed by atoms with Gasteiger partial charge in [0.2, 0.25) is 11.1 Å². The molecule has 1 saturated heterocycles. The van der Waals surface area contributed by atoms with Crippen molar-refractivity contribution >= 4 is 23.1 Å². The quantitative estimate of drug-likeness (QED) is 0.461. The van der Waals surface area contributed by atoms with E-state index in [1.54, 1.807) is 0 Å². The third-order valence-electron chi connectivity index (χ3n) is 2.89.